The Morgan fingerprint density at radius 3 is 2.77 bits per heavy atom. The second kappa shape index (κ2) is 6.48. The van der Waals surface area contributed by atoms with Gasteiger partial charge in [0.25, 0.3) is 0 Å². The van der Waals surface area contributed by atoms with Gasteiger partial charge >= 0.3 is 6.09 Å². The van der Waals surface area contributed by atoms with Gasteiger partial charge in [-0.25, -0.2) is 4.79 Å². The van der Waals surface area contributed by atoms with E-state index in [9.17, 15) is 4.79 Å². The van der Waals surface area contributed by atoms with Crippen molar-refractivity contribution in [1.82, 2.24) is 20.0 Å². The molecule has 3 aromatic rings. The van der Waals surface area contributed by atoms with Gasteiger partial charge in [-0.15, -0.1) is 0 Å². The standard InChI is InChI=1S/C19H24N4O3/c1-11-10-14-13(8-7-9-15(14)23(11)6)16-21-17(26-22-16)12(2)20-18(24)25-19(3,4)5/h7-10,12H,1-6H3,(H,20,24)/t12-/m0/s1. The fraction of sp³-hybridized carbons (Fsp3) is 0.421. The Balaban J connectivity index is 1.84. The number of fused-ring (bicyclic) bond motifs is 1. The molecule has 7 heteroatoms. The smallest absolute Gasteiger partial charge is 0.408 e. The number of ether oxygens (including phenoxy) is 1. The number of alkyl carbamates (subject to hydrolysis) is 1. The maximum atomic E-state index is 11.9. The zero-order valence-corrected chi connectivity index (χ0v) is 16.0. The molecular formula is C19H24N4O3. The van der Waals surface area contributed by atoms with Crippen LogP contribution < -0.4 is 5.32 Å². The molecule has 2 heterocycles. The van der Waals surface area contributed by atoms with Crippen molar-refractivity contribution in [2.75, 3.05) is 0 Å². The van der Waals surface area contributed by atoms with E-state index in [2.05, 4.69) is 39.1 Å². The Hall–Kier alpha value is -2.83. The van der Waals surface area contributed by atoms with Crippen LogP contribution >= 0.6 is 0 Å². The number of hydrogen-bond acceptors (Lipinski definition) is 5. The third kappa shape index (κ3) is 3.56. The number of carbonyl (C=O) groups excluding carboxylic acids is 1. The maximum Gasteiger partial charge on any atom is 0.408 e. The number of aryl methyl sites for hydroxylation is 2. The molecule has 0 saturated carbocycles. The molecule has 0 spiro atoms. The lowest BCUT2D eigenvalue weighted by molar-refractivity contribution is 0.0499. The summed E-state index contributed by atoms with van der Waals surface area (Å²) in [6.07, 6.45) is -0.523. The van der Waals surface area contributed by atoms with Gasteiger partial charge in [-0.3, -0.25) is 0 Å². The Morgan fingerprint density at radius 2 is 2.08 bits per heavy atom. The van der Waals surface area contributed by atoms with E-state index in [0.29, 0.717) is 11.7 Å². The van der Waals surface area contributed by atoms with Crippen molar-refractivity contribution in [3.63, 3.8) is 0 Å². The maximum absolute atomic E-state index is 11.9. The molecule has 7 nitrogen and oxygen atoms in total. The molecule has 0 aliphatic carbocycles. The molecule has 2 aromatic heterocycles. The van der Waals surface area contributed by atoms with Crippen molar-refractivity contribution in [3.05, 3.63) is 35.9 Å². The van der Waals surface area contributed by atoms with Crippen molar-refractivity contribution >= 4 is 17.0 Å². The van der Waals surface area contributed by atoms with Crippen LogP contribution in [0.15, 0.2) is 28.8 Å². The molecular weight excluding hydrogens is 332 g/mol. The third-order valence-corrected chi connectivity index (χ3v) is 4.11. The Morgan fingerprint density at radius 1 is 1.35 bits per heavy atom. The summed E-state index contributed by atoms with van der Waals surface area (Å²) in [5, 5.41) is 7.86. The fourth-order valence-corrected chi connectivity index (χ4v) is 2.75. The molecule has 0 fully saturated rings. The van der Waals surface area contributed by atoms with Crippen LogP contribution in [-0.2, 0) is 11.8 Å². The van der Waals surface area contributed by atoms with Gasteiger partial charge in [0.15, 0.2) is 0 Å². The summed E-state index contributed by atoms with van der Waals surface area (Å²) in [5.41, 5.74) is 2.58. The zero-order valence-electron chi connectivity index (χ0n) is 16.0. The quantitative estimate of drug-likeness (QED) is 0.763. The van der Waals surface area contributed by atoms with Crippen LogP contribution in [0.2, 0.25) is 0 Å². The summed E-state index contributed by atoms with van der Waals surface area (Å²) >= 11 is 0. The third-order valence-electron chi connectivity index (χ3n) is 4.11. The normalized spacial score (nSPS) is 13.0. The van der Waals surface area contributed by atoms with Gasteiger partial charge in [0.1, 0.15) is 11.6 Å². The second-order valence-corrected chi connectivity index (χ2v) is 7.41. The van der Waals surface area contributed by atoms with E-state index in [1.165, 1.54) is 0 Å². The van der Waals surface area contributed by atoms with E-state index >= 15 is 0 Å². The van der Waals surface area contributed by atoms with Crippen LogP contribution in [0.4, 0.5) is 4.79 Å². The average Bonchev–Trinajstić information content (AvgIpc) is 3.11. The summed E-state index contributed by atoms with van der Waals surface area (Å²) in [5.74, 6) is 0.824. The minimum absolute atomic E-state index is 0.329. The summed E-state index contributed by atoms with van der Waals surface area (Å²) in [4.78, 5) is 16.4. The first-order chi connectivity index (χ1) is 12.2. The lowest BCUT2D eigenvalue weighted by atomic mass is 10.1. The van der Waals surface area contributed by atoms with E-state index in [1.807, 2.05) is 40.0 Å². The highest BCUT2D eigenvalue weighted by atomic mass is 16.6. The molecule has 0 unspecified atom stereocenters. The molecule has 0 bridgehead atoms. The number of rotatable bonds is 3. The van der Waals surface area contributed by atoms with Crippen molar-refractivity contribution in [1.29, 1.82) is 0 Å². The average molecular weight is 356 g/mol. The summed E-state index contributed by atoms with van der Waals surface area (Å²) in [7, 11) is 2.02. The molecule has 0 aliphatic rings. The van der Waals surface area contributed by atoms with E-state index in [1.54, 1.807) is 6.92 Å². The van der Waals surface area contributed by atoms with Crippen LogP contribution in [0.3, 0.4) is 0 Å². The van der Waals surface area contributed by atoms with Crippen LogP contribution in [0.1, 0.15) is 45.3 Å². The molecule has 0 radical (unpaired) electrons. The lowest BCUT2D eigenvalue weighted by Gasteiger charge is -2.20. The van der Waals surface area contributed by atoms with E-state index in [4.69, 9.17) is 9.26 Å². The first-order valence-corrected chi connectivity index (χ1v) is 8.54. The Labute approximate surface area is 152 Å². The van der Waals surface area contributed by atoms with Crippen molar-refractivity contribution < 1.29 is 14.1 Å². The van der Waals surface area contributed by atoms with Crippen molar-refractivity contribution in [3.8, 4) is 11.4 Å². The fourth-order valence-electron chi connectivity index (χ4n) is 2.75. The summed E-state index contributed by atoms with van der Waals surface area (Å²) < 4.78 is 12.7. The number of benzene rings is 1. The minimum atomic E-state index is -0.565. The van der Waals surface area contributed by atoms with Gasteiger partial charge in [-0.05, 0) is 46.8 Å². The number of hydrogen-bond donors (Lipinski definition) is 1. The molecule has 1 N–H and O–H groups in total. The van der Waals surface area contributed by atoms with Crippen molar-refractivity contribution in [2.24, 2.45) is 7.05 Å². The van der Waals surface area contributed by atoms with Crippen molar-refractivity contribution in [2.45, 2.75) is 46.3 Å². The largest absolute Gasteiger partial charge is 0.444 e. The summed E-state index contributed by atoms with van der Waals surface area (Å²) in [6, 6.07) is 7.63. The first-order valence-electron chi connectivity index (χ1n) is 8.54. The monoisotopic (exact) mass is 356 g/mol. The van der Waals surface area contributed by atoms with Gasteiger partial charge < -0.3 is 19.1 Å². The first kappa shape index (κ1) is 18.0. The molecule has 1 aromatic carbocycles. The lowest BCUT2D eigenvalue weighted by Crippen LogP contribution is -2.34. The topological polar surface area (TPSA) is 82.2 Å². The number of amides is 1. The zero-order chi connectivity index (χ0) is 19.1. The van der Waals surface area contributed by atoms with Gasteiger partial charge in [0.2, 0.25) is 11.7 Å². The molecule has 1 amide bonds. The molecule has 0 saturated heterocycles. The minimum Gasteiger partial charge on any atom is -0.444 e. The van der Waals surface area contributed by atoms with Crippen LogP contribution in [-0.4, -0.2) is 26.4 Å². The second-order valence-electron chi connectivity index (χ2n) is 7.41. The highest BCUT2D eigenvalue weighted by Gasteiger charge is 2.22. The van der Waals surface area contributed by atoms with Gasteiger partial charge in [0.05, 0.1) is 0 Å². The molecule has 3 rings (SSSR count). The Kier molecular flexibility index (Phi) is 4.48. The molecule has 1 atom stereocenters. The number of nitrogens with zero attached hydrogens (tertiary/aromatic N) is 3. The molecule has 0 aliphatic heterocycles. The van der Waals surface area contributed by atoms with Crippen LogP contribution in [0.25, 0.3) is 22.3 Å². The number of aromatic nitrogens is 3. The molecule has 138 valence electrons. The predicted octanol–water partition coefficient (Wildman–Crippen LogP) is 4.12. The van der Waals surface area contributed by atoms with E-state index in [0.717, 1.165) is 22.2 Å². The highest BCUT2D eigenvalue weighted by molar-refractivity contribution is 5.94. The van der Waals surface area contributed by atoms with Gasteiger partial charge in [0, 0.05) is 29.2 Å². The van der Waals surface area contributed by atoms with Crippen LogP contribution in [0.5, 0.6) is 0 Å². The Bertz CT molecular complexity index is 949. The van der Waals surface area contributed by atoms with E-state index in [-0.39, 0.29) is 0 Å². The molecule has 26 heavy (non-hydrogen) atoms. The number of carbonyl (C=O) groups is 1. The van der Waals surface area contributed by atoms with Crippen LogP contribution in [0, 0.1) is 6.92 Å². The van der Waals surface area contributed by atoms with Gasteiger partial charge in [-0.1, -0.05) is 17.3 Å². The van der Waals surface area contributed by atoms with E-state index < -0.39 is 17.7 Å². The SMILES string of the molecule is Cc1cc2c(-c3noc([C@H](C)NC(=O)OC(C)(C)C)n3)cccc2n1C. The number of nitrogens with one attached hydrogen (secondary N) is 1. The predicted molar refractivity (Wildman–Crippen MR) is 98.7 cm³/mol. The van der Waals surface area contributed by atoms with Gasteiger partial charge in [-0.2, -0.15) is 4.98 Å². The summed E-state index contributed by atoms with van der Waals surface area (Å²) in [6.45, 7) is 9.26. The highest BCUT2D eigenvalue weighted by Crippen LogP contribution is 2.29.